The summed E-state index contributed by atoms with van der Waals surface area (Å²) in [5, 5.41) is 1.80. The van der Waals surface area contributed by atoms with Crippen LogP contribution in [-0.4, -0.2) is 30.3 Å². The number of nitrogens with zero attached hydrogens (tertiary/aromatic N) is 1. The number of ketones is 1. The molecule has 2 aromatic rings. The van der Waals surface area contributed by atoms with E-state index in [0.29, 0.717) is 18.8 Å². The molecule has 0 unspecified atom stereocenters. The van der Waals surface area contributed by atoms with Crippen molar-refractivity contribution in [2.24, 2.45) is 0 Å². The molecule has 2 rings (SSSR count). The molecular formula is C15H17NO3. The van der Waals surface area contributed by atoms with Crippen LogP contribution >= 0.6 is 0 Å². The van der Waals surface area contributed by atoms with E-state index in [2.05, 4.69) is 4.98 Å². The van der Waals surface area contributed by atoms with Crippen LogP contribution < -0.4 is 0 Å². The molecule has 0 aliphatic rings. The third-order valence-electron chi connectivity index (χ3n) is 2.80. The lowest BCUT2D eigenvalue weighted by molar-refractivity contribution is -0.107. The van der Waals surface area contributed by atoms with Crippen molar-refractivity contribution in [1.29, 1.82) is 0 Å². The highest BCUT2D eigenvalue weighted by molar-refractivity contribution is 6.09. The Morgan fingerprint density at radius 2 is 1.95 bits per heavy atom. The summed E-state index contributed by atoms with van der Waals surface area (Å²) in [5.74, 6) is -0.152. The lowest BCUT2D eigenvalue weighted by Gasteiger charge is -2.16. The molecular weight excluding hydrogens is 242 g/mol. The number of carbonyl (C=O) groups excluding carboxylic acids is 1. The predicted octanol–water partition coefficient (Wildman–Crippen LogP) is 2.82. The van der Waals surface area contributed by atoms with Crippen LogP contribution in [0, 0.1) is 0 Å². The van der Waals surface area contributed by atoms with E-state index in [1.165, 1.54) is 0 Å². The molecule has 0 aliphatic heterocycles. The topological polar surface area (TPSA) is 48.4 Å². The van der Waals surface area contributed by atoms with Gasteiger partial charge in [-0.05, 0) is 25.3 Å². The molecule has 1 aromatic carbocycles. The molecule has 0 amide bonds. The summed E-state index contributed by atoms with van der Waals surface area (Å²) in [7, 11) is 0. The minimum Gasteiger partial charge on any atom is -0.346 e. The molecule has 0 fully saturated rings. The van der Waals surface area contributed by atoms with Gasteiger partial charge in [-0.1, -0.05) is 18.2 Å². The molecule has 0 atom stereocenters. The fraction of sp³-hybridized carbons (Fsp3) is 0.333. The van der Waals surface area contributed by atoms with Gasteiger partial charge in [0, 0.05) is 36.6 Å². The first-order chi connectivity index (χ1) is 9.27. The van der Waals surface area contributed by atoms with Crippen LogP contribution in [0.15, 0.2) is 36.7 Å². The van der Waals surface area contributed by atoms with Crippen molar-refractivity contribution < 1.29 is 14.3 Å². The van der Waals surface area contributed by atoms with Crippen LogP contribution in [0.2, 0.25) is 0 Å². The molecule has 1 heterocycles. The molecule has 19 heavy (non-hydrogen) atoms. The van der Waals surface area contributed by atoms with Gasteiger partial charge in [0.15, 0.2) is 0 Å². The van der Waals surface area contributed by atoms with E-state index in [4.69, 9.17) is 9.47 Å². The Morgan fingerprint density at radius 1 is 1.21 bits per heavy atom. The second-order valence-corrected chi connectivity index (χ2v) is 4.01. The second-order valence-electron chi connectivity index (χ2n) is 4.01. The zero-order valence-electron chi connectivity index (χ0n) is 11.1. The Balaban J connectivity index is 2.39. The first-order valence-corrected chi connectivity index (χ1v) is 6.38. The quantitative estimate of drug-likeness (QED) is 0.591. The average molecular weight is 259 g/mol. The summed E-state index contributed by atoms with van der Waals surface area (Å²) >= 11 is 0. The number of pyridine rings is 1. The number of hydrogen-bond donors (Lipinski definition) is 0. The van der Waals surface area contributed by atoms with E-state index >= 15 is 0 Å². The Labute approximate surface area is 112 Å². The van der Waals surface area contributed by atoms with Crippen molar-refractivity contribution in [3.05, 3.63) is 42.2 Å². The first kappa shape index (κ1) is 13.6. The van der Waals surface area contributed by atoms with Gasteiger partial charge in [-0.25, -0.2) is 0 Å². The molecule has 0 N–H and O–H groups in total. The lowest BCUT2D eigenvalue weighted by Crippen LogP contribution is -2.28. The number of benzene rings is 1. The predicted molar refractivity (Wildman–Crippen MR) is 73.1 cm³/mol. The van der Waals surface area contributed by atoms with Crippen LogP contribution in [0.4, 0.5) is 0 Å². The summed E-state index contributed by atoms with van der Waals surface area (Å²) in [6, 6.07) is 7.38. The molecule has 4 heteroatoms. The Morgan fingerprint density at radius 3 is 2.63 bits per heavy atom. The van der Waals surface area contributed by atoms with Gasteiger partial charge in [-0.2, -0.15) is 0 Å². The highest BCUT2D eigenvalue weighted by atomic mass is 16.7. The number of carbonyl (C=O) groups is 1. The van der Waals surface area contributed by atoms with Crippen molar-refractivity contribution in [1.82, 2.24) is 4.98 Å². The van der Waals surface area contributed by atoms with Crippen LogP contribution in [0.25, 0.3) is 10.8 Å². The number of ether oxygens (including phenoxy) is 2. The zero-order valence-corrected chi connectivity index (χ0v) is 11.1. The molecule has 0 aliphatic carbocycles. The number of hydrogen-bond acceptors (Lipinski definition) is 4. The SMILES string of the molecule is CCOC(OCC)C(=O)c1cccc2cnccc12. The summed E-state index contributed by atoms with van der Waals surface area (Å²) in [4.78, 5) is 16.5. The molecule has 0 saturated carbocycles. The van der Waals surface area contributed by atoms with Gasteiger partial charge in [0.1, 0.15) is 0 Å². The van der Waals surface area contributed by atoms with Crippen molar-refractivity contribution in [3.8, 4) is 0 Å². The molecule has 4 nitrogen and oxygen atoms in total. The molecule has 0 saturated heterocycles. The number of fused-ring (bicyclic) bond motifs is 1. The van der Waals surface area contributed by atoms with Crippen molar-refractivity contribution in [3.63, 3.8) is 0 Å². The maximum Gasteiger partial charge on any atom is 0.222 e. The van der Waals surface area contributed by atoms with Crippen molar-refractivity contribution in [2.45, 2.75) is 20.1 Å². The average Bonchev–Trinajstić information content (AvgIpc) is 2.46. The zero-order chi connectivity index (χ0) is 13.7. The van der Waals surface area contributed by atoms with Gasteiger partial charge >= 0.3 is 0 Å². The highest BCUT2D eigenvalue weighted by Gasteiger charge is 2.22. The Hall–Kier alpha value is -1.78. The molecule has 1 aromatic heterocycles. The van der Waals surface area contributed by atoms with Crippen molar-refractivity contribution in [2.75, 3.05) is 13.2 Å². The van der Waals surface area contributed by atoms with Gasteiger partial charge in [-0.3, -0.25) is 9.78 Å². The van der Waals surface area contributed by atoms with E-state index in [0.717, 1.165) is 10.8 Å². The maximum atomic E-state index is 12.5. The number of rotatable bonds is 6. The van der Waals surface area contributed by atoms with Gasteiger partial charge in [0.2, 0.25) is 12.1 Å². The van der Waals surface area contributed by atoms with E-state index in [1.54, 1.807) is 18.5 Å². The Bertz CT molecular complexity index is 557. The van der Waals surface area contributed by atoms with Crippen molar-refractivity contribution >= 4 is 16.6 Å². The number of aromatic nitrogens is 1. The van der Waals surface area contributed by atoms with Gasteiger partial charge in [-0.15, -0.1) is 0 Å². The Kier molecular flexibility index (Phi) is 4.60. The minimum atomic E-state index is -0.839. The third kappa shape index (κ3) is 2.97. The monoisotopic (exact) mass is 259 g/mol. The van der Waals surface area contributed by atoms with Crippen LogP contribution in [0.5, 0.6) is 0 Å². The largest absolute Gasteiger partial charge is 0.346 e. The smallest absolute Gasteiger partial charge is 0.222 e. The van der Waals surface area contributed by atoms with E-state index in [1.807, 2.05) is 32.0 Å². The summed E-state index contributed by atoms with van der Waals surface area (Å²) in [6.45, 7) is 4.55. The van der Waals surface area contributed by atoms with Crippen LogP contribution in [0.3, 0.4) is 0 Å². The highest BCUT2D eigenvalue weighted by Crippen LogP contribution is 2.20. The lowest BCUT2D eigenvalue weighted by atomic mass is 10.0. The summed E-state index contributed by atoms with van der Waals surface area (Å²) in [6.07, 6.45) is 2.58. The second kappa shape index (κ2) is 6.41. The maximum absolute atomic E-state index is 12.5. The summed E-state index contributed by atoms with van der Waals surface area (Å²) < 4.78 is 10.7. The minimum absolute atomic E-state index is 0.152. The van der Waals surface area contributed by atoms with Gasteiger partial charge in [0.25, 0.3) is 0 Å². The van der Waals surface area contributed by atoms with Gasteiger partial charge < -0.3 is 9.47 Å². The standard InChI is InChI=1S/C15H17NO3/c1-3-18-15(19-4-2)14(17)13-7-5-6-11-10-16-9-8-12(11)13/h5-10,15H,3-4H2,1-2H3. The van der Waals surface area contributed by atoms with Crippen LogP contribution in [0.1, 0.15) is 24.2 Å². The number of Topliss-reactive ketones (excluding diaryl/α,β-unsaturated/α-hetero) is 1. The first-order valence-electron chi connectivity index (χ1n) is 6.38. The van der Waals surface area contributed by atoms with Gasteiger partial charge in [0.05, 0.1) is 0 Å². The van der Waals surface area contributed by atoms with E-state index < -0.39 is 6.29 Å². The molecule has 0 spiro atoms. The fourth-order valence-electron chi connectivity index (χ4n) is 1.97. The van der Waals surface area contributed by atoms with E-state index in [-0.39, 0.29) is 5.78 Å². The normalized spacial score (nSPS) is 11.1. The fourth-order valence-corrected chi connectivity index (χ4v) is 1.97. The molecule has 0 bridgehead atoms. The van der Waals surface area contributed by atoms with Crippen LogP contribution in [-0.2, 0) is 9.47 Å². The molecule has 0 radical (unpaired) electrons. The summed E-state index contributed by atoms with van der Waals surface area (Å²) in [5.41, 5.74) is 0.604. The van der Waals surface area contributed by atoms with E-state index in [9.17, 15) is 4.79 Å². The molecule has 100 valence electrons. The third-order valence-corrected chi connectivity index (χ3v) is 2.80.